The third-order valence-electron chi connectivity index (χ3n) is 3.53. The van der Waals surface area contributed by atoms with Gasteiger partial charge < -0.3 is 10.4 Å². The van der Waals surface area contributed by atoms with Gasteiger partial charge in [0.1, 0.15) is 5.67 Å². The van der Waals surface area contributed by atoms with E-state index in [2.05, 4.69) is 15.5 Å². The molecule has 2 aliphatic carbocycles. The molecule has 0 radical (unpaired) electrons. The number of fused-ring (bicyclic) bond motifs is 2. The van der Waals surface area contributed by atoms with Crippen molar-refractivity contribution >= 4 is 5.91 Å². The van der Waals surface area contributed by atoms with Gasteiger partial charge in [-0.2, -0.15) is 0 Å². The molecule has 1 fully saturated rings. The Morgan fingerprint density at radius 1 is 1.58 bits per heavy atom. The van der Waals surface area contributed by atoms with Crippen LogP contribution in [-0.4, -0.2) is 29.3 Å². The molecule has 1 heterocycles. The van der Waals surface area contributed by atoms with Crippen LogP contribution < -0.4 is 5.32 Å². The molecule has 1 saturated carbocycles. The molecule has 5 nitrogen and oxygen atoms in total. The first-order chi connectivity index (χ1) is 8.91. The Morgan fingerprint density at radius 2 is 2.32 bits per heavy atom. The van der Waals surface area contributed by atoms with E-state index in [0.717, 1.165) is 17.7 Å². The fourth-order valence-electron chi connectivity index (χ4n) is 2.20. The van der Waals surface area contributed by atoms with E-state index in [1.165, 1.54) is 19.4 Å². The van der Waals surface area contributed by atoms with Gasteiger partial charge in [0.25, 0.3) is 5.91 Å². The minimum atomic E-state index is -1.71. The highest BCUT2D eigenvalue weighted by Crippen LogP contribution is 2.51. The second kappa shape index (κ2) is 3.84. The Labute approximate surface area is 109 Å². The van der Waals surface area contributed by atoms with Gasteiger partial charge in [-0.1, -0.05) is 0 Å². The molecule has 6 heteroatoms. The predicted molar refractivity (Wildman–Crippen MR) is 65.8 cm³/mol. The second-order valence-electron chi connectivity index (χ2n) is 5.41. The number of nitrogens with zero attached hydrogens (tertiary/aromatic N) is 2. The fourth-order valence-corrected chi connectivity index (χ4v) is 2.20. The summed E-state index contributed by atoms with van der Waals surface area (Å²) in [6.07, 6.45) is 2.82. The average Bonchev–Trinajstić information content (AvgIpc) is 2.82. The number of aliphatic hydroxyl groups is 1. The molecule has 0 aromatic rings. The van der Waals surface area contributed by atoms with E-state index < -0.39 is 24.2 Å². The van der Waals surface area contributed by atoms with E-state index in [1.54, 1.807) is 0 Å². The minimum absolute atomic E-state index is 0.199. The lowest BCUT2D eigenvalue weighted by atomic mass is 10.0. The van der Waals surface area contributed by atoms with Crippen LogP contribution in [-0.2, 0) is 4.79 Å². The summed E-state index contributed by atoms with van der Waals surface area (Å²) >= 11 is 0. The number of carbonyl (C=O) groups is 1. The number of hydrogen-bond acceptors (Lipinski definition) is 4. The zero-order valence-electron chi connectivity index (χ0n) is 10.7. The summed E-state index contributed by atoms with van der Waals surface area (Å²) in [5.41, 5.74) is 2.31. The van der Waals surface area contributed by atoms with Crippen LogP contribution in [0.3, 0.4) is 0 Å². The molecular weight excluding hydrogens is 249 g/mol. The van der Waals surface area contributed by atoms with Crippen LogP contribution in [0.15, 0.2) is 44.4 Å². The van der Waals surface area contributed by atoms with Gasteiger partial charge in [-0.25, -0.2) is 4.39 Å². The van der Waals surface area contributed by atoms with E-state index in [-0.39, 0.29) is 5.70 Å². The number of allylic oxidation sites excluding steroid dienone is 3. The van der Waals surface area contributed by atoms with Gasteiger partial charge in [0, 0.05) is 12.0 Å². The lowest BCUT2D eigenvalue weighted by molar-refractivity contribution is -0.119. The van der Waals surface area contributed by atoms with Crippen molar-refractivity contribution in [1.29, 1.82) is 0 Å². The zero-order chi connectivity index (χ0) is 13.8. The highest BCUT2D eigenvalue weighted by Gasteiger charge is 2.39. The Morgan fingerprint density at radius 3 is 2.95 bits per heavy atom. The largest absolute Gasteiger partial charge is 0.394 e. The molecule has 1 amide bonds. The quantitative estimate of drug-likeness (QED) is 0.807. The third-order valence-corrected chi connectivity index (χ3v) is 3.53. The molecule has 3 rings (SSSR count). The number of rotatable bonds is 4. The molecule has 0 bridgehead atoms. The van der Waals surface area contributed by atoms with Crippen molar-refractivity contribution in [3.8, 4) is 0 Å². The molecule has 0 aromatic carbocycles. The summed E-state index contributed by atoms with van der Waals surface area (Å²) < 4.78 is 13.8. The molecule has 100 valence electrons. The number of halogens is 1. The Hall–Kier alpha value is -1.82. The summed E-state index contributed by atoms with van der Waals surface area (Å²) in [5.74, 6) is -0.503. The summed E-state index contributed by atoms with van der Waals surface area (Å²) in [5, 5.41) is 19.4. The summed E-state index contributed by atoms with van der Waals surface area (Å²) in [7, 11) is 0. The molecule has 0 unspecified atom stereocenters. The number of hydrogen-bond donors (Lipinski definition) is 2. The van der Waals surface area contributed by atoms with E-state index in [0.29, 0.717) is 5.57 Å². The van der Waals surface area contributed by atoms with Crippen molar-refractivity contribution in [2.45, 2.75) is 32.0 Å². The highest BCUT2D eigenvalue weighted by atomic mass is 19.1. The van der Waals surface area contributed by atoms with Crippen molar-refractivity contribution in [1.82, 2.24) is 5.32 Å². The number of azo groups is 1. The third kappa shape index (κ3) is 1.92. The van der Waals surface area contributed by atoms with Crippen LogP contribution >= 0.6 is 0 Å². The van der Waals surface area contributed by atoms with Crippen LogP contribution in [0.1, 0.15) is 20.3 Å². The van der Waals surface area contributed by atoms with Crippen molar-refractivity contribution in [3.63, 3.8) is 0 Å². The summed E-state index contributed by atoms with van der Waals surface area (Å²) in [4.78, 5) is 12.1. The molecule has 0 aromatic heterocycles. The molecule has 1 aliphatic heterocycles. The average molecular weight is 263 g/mol. The molecular formula is C13H14FN3O2. The zero-order valence-corrected chi connectivity index (χ0v) is 10.7. The van der Waals surface area contributed by atoms with Crippen LogP contribution in [0, 0.1) is 0 Å². The second-order valence-corrected chi connectivity index (χ2v) is 5.41. The number of amides is 1. The molecule has 3 aliphatic rings. The Bertz CT molecular complexity index is 593. The number of carbonyl (C=O) groups excluding carboxylic acids is 1. The Balaban J connectivity index is 1.80. The fraction of sp³-hybridized carbons (Fsp3) is 0.462. The van der Waals surface area contributed by atoms with E-state index in [1.807, 2.05) is 6.08 Å². The van der Waals surface area contributed by atoms with Crippen LogP contribution in [0.2, 0.25) is 0 Å². The van der Waals surface area contributed by atoms with Gasteiger partial charge in [0.2, 0.25) is 0 Å². The topological polar surface area (TPSA) is 74.0 Å². The first kappa shape index (κ1) is 12.2. The van der Waals surface area contributed by atoms with Crippen LogP contribution in [0.4, 0.5) is 4.39 Å². The lowest BCUT2D eigenvalue weighted by Gasteiger charge is -2.25. The number of aliphatic hydroxyl groups excluding tert-OH is 1. The van der Waals surface area contributed by atoms with E-state index in [4.69, 9.17) is 5.11 Å². The maximum absolute atomic E-state index is 13.8. The molecule has 0 spiro atoms. The predicted octanol–water partition coefficient (Wildman–Crippen LogP) is 1.53. The normalized spacial score (nSPS) is 21.4. The molecule has 0 saturated heterocycles. The first-order valence-corrected chi connectivity index (χ1v) is 6.13. The first-order valence-electron chi connectivity index (χ1n) is 6.13. The van der Waals surface area contributed by atoms with Gasteiger partial charge >= 0.3 is 0 Å². The van der Waals surface area contributed by atoms with Crippen molar-refractivity contribution in [2.75, 3.05) is 6.61 Å². The van der Waals surface area contributed by atoms with Gasteiger partial charge in [0.15, 0.2) is 5.70 Å². The van der Waals surface area contributed by atoms with E-state index in [9.17, 15) is 9.18 Å². The summed E-state index contributed by atoms with van der Waals surface area (Å²) in [6.45, 7) is 2.15. The van der Waals surface area contributed by atoms with Crippen molar-refractivity contribution in [2.24, 2.45) is 10.2 Å². The van der Waals surface area contributed by atoms with E-state index >= 15 is 0 Å². The lowest BCUT2D eigenvalue weighted by Crippen LogP contribution is -2.49. The van der Waals surface area contributed by atoms with Gasteiger partial charge in [-0.3, -0.25) is 4.79 Å². The van der Waals surface area contributed by atoms with Crippen LogP contribution in [0.25, 0.3) is 0 Å². The van der Waals surface area contributed by atoms with Crippen LogP contribution in [0.5, 0.6) is 0 Å². The maximum atomic E-state index is 13.8. The van der Waals surface area contributed by atoms with Crippen molar-refractivity contribution < 1.29 is 14.3 Å². The van der Waals surface area contributed by atoms with Gasteiger partial charge in [-0.15, -0.1) is 10.2 Å². The number of alkyl halides is 1. The molecule has 2 N–H and O–H groups in total. The van der Waals surface area contributed by atoms with Crippen molar-refractivity contribution in [3.05, 3.63) is 34.2 Å². The SMILES string of the molecule is CC(C)(F)[C@H](CO)NC(=O)C1=C2C=C3CC3=C2N=N1. The smallest absolute Gasteiger partial charge is 0.272 e. The minimum Gasteiger partial charge on any atom is -0.394 e. The molecule has 1 atom stereocenters. The monoisotopic (exact) mass is 263 g/mol. The highest BCUT2D eigenvalue weighted by molar-refractivity contribution is 5.97. The van der Waals surface area contributed by atoms with Gasteiger partial charge in [0.05, 0.1) is 18.3 Å². The molecule has 19 heavy (non-hydrogen) atoms. The summed E-state index contributed by atoms with van der Waals surface area (Å²) in [6, 6.07) is -0.969. The maximum Gasteiger partial charge on any atom is 0.272 e. The standard InChI is InChI=1S/C13H14FN3O2/c1-13(2,14)9(5-18)15-12(19)11-8-4-6-3-7(6)10(8)16-17-11/h4,9,18H,3,5H2,1-2H3,(H,15,19)/t9-/m0/s1. The van der Waals surface area contributed by atoms with Gasteiger partial charge in [-0.05, 0) is 31.1 Å². The number of nitrogens with one attached hydrogen (secondary N) is 1. The Kier molecular flexibility index (Phi) is 2.47.